The maximum absolute atomic E-state index is 13.7. The lowest BCUT2D eigenvalue weighted by molar-refractivity contribution is -0.113. The van der Waals surface area contributed by atoms with Gasteiger partial charge in [-0.05, 0) is 43.7 Å². The van der Waals surface area contributed by atoms with Gasteiger partial charge in [-0.3, -0.25) is 18.8 Å². The van der Waals surface area contributed by atoms with Crippen LogP contribution in [-0.4, -0.2) is 20.3 Å². The van der Waals surface area contributed by atoms with Crippen molar-refractivity contribution in [2.45, 2.75) is 19.9 Å². The number of nitrogens with zero attached hydrogens (tertiary/aromatic N) is 4. The minimum absolute atomic E-state index is 0.237. The number of allylic oxidation sites excluding steroid dienone is 1. The van der Waals surface area contributed by atoms with Crippen molar-refractivity contribution in [1.82, 2.24) is 14.3 Å². The Morgan fingerprint density at radius 1 is 1.11 bits per heavy atom. The first-order valence-electron chi connectivity index (χ1n) is 11.0. The molecule has 9 heteroatoms. The second-order valence-corrected chi connectivity index (χ2v) is 9.68. The molecule has 4 aromatic rings. The number of hydrogen-bond acceptors (Lipinski definition) is 5. The summed E-state index contributed by atoms with van der Waals surface area (Å²) in [5, 5.41) is 7.76. The fourth-order valence-electron chi connectivity index (χ4n) is 4.22. The summed E-state index contributed by atoms with van der Waals surface area (Å²) >= 11 is 7.88. The third kappa shape index (κ3) is 4.26. The summed E-state index contributed by atoms with van der Waals surface area (Å²) in [4.78, 5) is 32.4. The number of thiazole rings is 1. The van der Waals surface area contributed by atoms with E-state index in [2.05, 4.69) is 15.4 Å². The molecule has 5 rings (SSSR count). The van der Waals surface area contributed by atoms with Crippen LogP contribution in [0.1, 0.15) is 29.8 Å². The first kappa shape index (κ1) is 23.0. The van der Waals surface area contributed by atoms with Crippen LogP contribution < -0.4 is 20.2 Å². The molecular formula is C26H22ClN5O2S. The third-order valence-electron chi connectivity index (χ3n) is 5.84. The van der Waals surface area contributed by atoms with Crippen LogP contribution in [0.25, 0.3) is 6.08 Å². The van der Waals surface area contributed by atoms with Gasteiger partial charge in [0.1, 0.15) is 0 Å². The number of fused-ring (bicyclic) bond motifs is 1. The topological polar surface area (TPSA) is 81.3 Å². The summed E-state index contributed by atoms with van der Waals surface area (Å²) < 4.78 is 3.78. The molecule has 2 aromatic carbocycles. The highest BCUT2D eigenvalue weighted by Gasteiger charge is 2.33. The molecule has 7 nitrogen and oxygen atoms in total. The first-order valence-corrected chi connectivity index (χ1v) is 12.2. The van der Waals surface area contributed by atoms with Crippen LogP contribution in [0.4, 0.5) is 5.69 Å². The molecule has 0 spiro atoms. The van der Waals surface area contributed by atoms with Gasteiger partial charge in [0.25, 0.3) is 11.5 Å². The van der Waals surface area contributed by atoms with Crippen molar-refractivity contribution in [2.75, 3.05) is 5.32 Å². The molecule has 2 aromatic heterocycles. The number of rotatable bonds is 4. The molecule has 0 saturated heterocycles. The number of aromatic nitrogens is 3. The smallest absolute Gasteiger partial charge is 0.271 e. The van der Waals surface area contributed by atoms with Crippen molar-refractivity contribution < 1.29 is 4.79 Å². The maximum Gasteiger partial charge on any atom is 0.271 e. The number of carbonyl (C=O) groups is 1. The summed E-state index contributed by atoms with van der Waals surface area (Å²) in [7, 11) is 1.84. The summed E-state index contributed by atoms with van der Waals surface area (Å²) in [6.07, 6.45) is 3.68. The Morgan fingerprint density at radius 3 is 2.51 bits per heavy atom. The fourth-order valence-corrected chi connectivity index (χ4v) is 5.50. The van der Waals surface area contributed by atoms with Crippen LogP contribution in [0.3, 0.4) is 0 Å². The normalized spacial score (nSPS) is 15.7. The van der Waals surface area contributed by atoms with Gasteiger partial charge in [0.2, 0.25) is 0 Å². The lowest BCUT2D eigenvalue weighted by atomic mass is 9.95. The van der Waals surface area contributed by atoms with E-state index >= 15 is 0 Å². The van der Waals surface area contributed by atoms with Crippen LogP contribution in [0, 0.1) is 6.92 Å². The molecule has 1 amide bonds. The molecule has 1 aliphatic heterocycles. The van der Waals surface area contributed by atoms with Gasteiger partial charge < -0.3 is 5.32 Å². The molecule has 0 unspecified atom stereocenters. The molecule has 0 fully saturated rings. The van der Waals surface area contributed by atoms with Crippen molar-refractivity contribution in [3.8, 4) is 0 Å². The van der Waals surface area contributed by atoms with Gasteiger partial charge in [-0.1, -0.05) is 59.3 Å². The summed E-state index contributed by atoms with van der Waals surface area (Å²) in [6.45, 7) is 3.68. The molecule has 0 saturated carbocycles. The van der Waals surface area contributed by atoms with E-state index < -0.39 is 6.04 Å². The number of benzene rings is 2. The Labute approximate surface area is 210 Å². The standard InChI is InChI=1S/C26H22ClN5O2S/c1-15-17(14-31(3)30-15)13-21-25(34)32-23(19-11-7-8-12-20(19)27)22(16(2)28-26(32)35-21)24(33)29-18-9-5-4-6-10-18/h4-14,23H,1-3H3,(H,29,33)/b21-13+/t23-/m0/s1. The quantitative estimate of drug-likeness (QED) is 0.462. The van der Waals surface area contributed by atoms with Crippen LogP contribution in [0.5, 0.6) is 0 Å². The molecule has 176 valence electrons. The number of amides is 1. The third-order valence-corrected chi connectivity index (χ3v) is 7.16. The van der Waals surface area contributed by atoms with Crippen LogP contribution in [-0.2, 0) is 11.8 Å². The number of aryl methyl sites for hydroxylation is 2. The zero-order chi connectivity index (χ0) is 24.7. The summed E-state index contributed by atoms with van der Waals surface area (Å²) in [6, 6.07) is 15.7. The van der Waals surface area contributed by atoms with E-state index in [1.54, 1.807) is 22.2 Å². The van der Waals surface area contributed by atoms with Crippen molar-refractivity contribution in [3.05, 3.63) is 114 Å². The van der Waals surface area contributed by atoms with Gasteiger partial charge in [0.15, 0.2) is 4.80 Å². The van der Waals surface area contributed by atoms with Crippen LogP contribution in [0.2, 0.25) is 5.02 Å². The highest BCUT2D eigenvalue weighted by atomic mass is 35.5. The van der Waals surface area contributed by atoms with Gasteiger partial charge in [0.05, 0.1) is 27.5 Å². The molecule has 35 heavy (non-hydrogen) atoms. The van der Waals surface area contributed by atoms with E-state index in [4.69, 9.17) is 11.6 Å². The van der Waals surface area contributed by atoms with Crippen molar-refractivity contribution in [3.63, 3.8) is 0 Å². The largest absolute Gasteiger partial charge is 0.322 e. The molecule has 3 heterocycles. The maximum atomic E-state index is 13.7. The molecule has 1 N–H and O–H groups in total. The summed E-state index contributed by atoms with van der Waals surface area (Å²) in [5.74, 6) is -0.334. The Morgan fingerprint density at radius 2 is 1.83 bits per heavy atom. The van der Waals surface area contributed by atoms with E-state index in [0.717, 1.165) is 11.3 Å². The molecular weight excluding hydrogens is 482 g/mol. The fraction of sp³-hybridized carbons (Fsp3) is 0.154. The highest BCUT2D eigenvalue weighted by Crippen LogP contribution is 2.34. The zero-order valence-electron chi connectivity index (χ0n) is 19.3. The van der Waals surface area contributed by atoms with Crippen molar-refractivity contribution >= 4 is 40.6 Å². The Kier molecular flexibility index (Phi) is 6.00. The van der Waals surface area contributed by atoms with E-state index in [-0.39, 0.29) is 11.5 Å². The second kappa shape index (κ2) is 9.13. The Hall–Kier alpha value is -3.75. The van der Waals surface area contributed by atoms with Crippen molar-refractivity contribution in [2.24, 2.45) is 12.0 Å². The molecule has 1 aliphatic rings. The minimum atomic E-state index is -0.721. The monoisotopic (exact) mass is 503 g/mol. The summed E-state index contributed by atoms with van der Waals surface area (Å²) in [5.41, 5.74) is 3.66. The zero-order valence-corrected chi connectivity index (χ0v) is 20.9. The number of nitrogens with one attached hydrogen (secondary N) is 1. The molecule has 1 atom stereocenters. The number of carbonyl (C=O) groups excluding carboxylic acids is 1. The van der Waals surface area contributed by atoms with Crippen LogP contribution in [0.15, 0.2) is 81.9 Å². The lowest BCUT2D eigenvalue weighted by Crippen LogP contribution is -2.40. The predicted octanol–water partition coefficient (Wildman–Crippen LogP) is 3.57. The Bertz CT molecular complexity index is 1660. The SMILES string of the molecule is CC1=C(C(=O)Nc2ccccc2)[C@H](c2ccccc2Cl)n2c(s/c(=C/c3cn(C)nc3C)c2=O)=N1. The number of anilines is 1. The predicted molar refractivity (Wildman–Crippen MR) is 138 cm³/mol. The lowest BCUT2D eigenvalue weighted by Gasteiger charge is -2.26. The van der Waals surface area contributed by atoms with Crippen LogP contribution >= 0.6 is 22.9 Å². The minimum Gasteiger partial charge on any atom is -0.322 e. The number of hydrogen-bond donors (Lipinski definition) is 1. The van der Waals surface area contributed by atoms with E-state index in [9.17, 15) is 9.59 Å². The molecule has 0 radical (unpaired) electrons. The van der Waals surface area contributed by atoms with Gasteiger partial charge in [-0.25, -0.2) is 4.99 Å². The first-order chi connectivity index (χ1) is 16.8. The average Bonchev–Trinajstić information content (AvgIpc) is 3.31. The Balaban J connectivity index is 1.71. The molecule has 0 aliphatic carbocycles. The number of halogens is 1. The van der Waals surface area contributed by atoms with E-state index in [1.807, 2.05) is 74.8 Å². The highest BCUT2D eigenvalue weighted by molar-refractivity contribution is 7.07. The van der Waals surface area contributed by atoms with Gasteiger partial charge in [0, 0.05) is 29.5 Å². The number of para-hydroxylation sites is 1. The molecule has 0 bridgehead atoms. The average molecular weight is 504 g/mol. The van der Waals surface area contributed by atoms with Gasteiger partial charge in [-0.15, -0.1) is 0 Å². The van der Waals surface area contributed by atoms with Gasteiger partial charge >= 0.3 is 0 Å². The van der Waals surface area contributed by atoms with E-state index in [1.165, 1.54) is 11.3 Å². The van der Waals surface area contributed by atoms with Crippen molar-refractivity contribution in [1.29, 1.82) is 0 Å². The van der Waals surface area contributed by atoms with Gasteiger partial charge in [-0.2, -0.15) is 5.10 Å². The van der Waals surface area contributed by atoms with E-state index in [0.29, 0.717) is 36.9 Å². The second-order valence-electron chi connectivity index (χ2n) is 8.27.